The van der Waals surface area contributed by atoms with E-state index >= 15 is 0 Å². The molecule has 4 heteroatoms. The molecule has 0 atom stereocenters. The minimum absolute atomic E-state index is 0.235. The van der Waals surface area contributed by atoms with Crippen molar-refractivity contribution >= 4 is 29.2 Å². The molecule has 0 saturated heterocycles. The van der Waals surface area contributed by atoms with E-state index in [4.69, 9.17) is 11.6 Å². The van der Waals surface area contributed by atoms with Gasteiger partial charge in [-0.2, -0.15) is 0 Å². The van der Waals surface area contributed by atoms with E-state index < -0.39 is 0 Å². The van der Waals surface area contributed by atoms with Crippen molar-refractivity contribution in [1.29, 1.82) is 0 Å². The zero-order chi connectivity index (χ0) is 12.2. The average molecular weight is 259 g/mol. The molecule has 90 valence electrons. The Balaban J connectivity index is 2.74. The van der Waals surface area contributed by atoms with Crippen molar-refractivity contribution in [2.24, 2.45) is 0 Å². The van der Waals surface area contributed by atoms with Crippen molar-refractivity contribution in [3.05, 3.63) is 22.8 Å². The highest BCUT2D eigenvalue weighted by Crippen LogP contribution is 2.29. The quantitative estimate of drug-likeness (QED) is 0.876. The summed E-state index contributed by atoms with van der Waals surface area (Å²) in [6, 6.07) is 3.82. The smallest absolute Gasteiger partial charge is 0.126 e. The maximum Gasteiger partial charge on any atom is 0.126 e. The molecule has 0 spiro atoms. The number of rotatable bonds is 4. The van der Waals surface area contributed by atoms with Crippen LogP contribution < -0.4 is 5.32 Å². The van der Waals surface area contributed by atoms with Crippen LogP contribution in [0.3, 0.4) is 0 Å². The molecule has 0 saturated carbocycles. The van der Waals surface area contributed by atoms with Crippen molar-refractivity contribution < 1.29 is 0 Å². The molecule has 1 rings (SSSR count). The third-order valence-corrected chi connectivity index (χ3v) is 3.55. The van der Waals surface area contributed by atoms with E-state index in [1.54, 1.807) is 0 Å². The third kappa shape index (κ3) is 4.62. The predicted molar refractivity (Wildman–Crippen MR) is 74.5 cm³/mol. The van der Waals surface area contributed by atoms with E-state index in [1.807, 2.05) is 23.9 Å². The Labute approximate surface area is 107 Å². The molecule has 16 heavy (non-hydrogen) atoms. The van der Waals surface area contributed by atoms with E-state index in [9.17, 15) is 0 Å². The molecule has 1 aromatic rings. The third-order valence-electron chi connectivity index (χ3n) is 1.92. The van der Waals surface area contributed by atoms with Gasteiger partial charge in [0.1, 0.15) is 5.82 Å². The number of pyridine rings is 1. The normalized spacial score (nSPS) is 11.6. The first-order valence-electron chi connectivity index (χ1n) is 5.45. The molecule has 1 N–H and O–H groups in total. The molecule has 0 aliphatic rings. The lowest BCUT2D eigenvalue weighted by atomic mass is 10.3. The topological polar surface area (TPSA) is 24.9 Å². The molecule has 1 heterocycles. The fraction of sp³-hybridized carbons (Fsp3) is 0.583. The number of nitrogens with zero attached hydrogens (tertiary/aromatic N) is 1. The van der Waals surface area contributed by atoms with Crippen molar-refractivity contribution in [1.82, 2.24) is 4.98 Å². The molecule has 0 radical (unpaired) electrons. The van der Waals surface area contributed by atoms with Crippen molar-refractivity contribution in [3.8, 4) is 0 Å². The lowest BCUT2D eigenvalue weighted by Gasteiger charge is -2.17. The van der Waals surface area contributed by atoms with Crippen LogP contribution in [0.15, 0.2) is 12.1 Å². The van der Waals surface area contributed by atoms with Crippen LogP contribution in [0.25, 0.3) is 0 Å². The summed E-state index contributed by atoms with van der Waals surface area (Å²) in [5.41, 5.74) is 0.958. The molecular weight excluding hydrogens is 240 g/mol. The van der Waals surface area contributed by atoms with Gasteiger partial charge in [-0.15, -0.1) is 11.8 Å². The first kappa shape index (κ1) is 13.7. The van der Waals surface area contributed by atoms with Gasteiger partial charge in [0, 0.05) is 17.0 Å². The number of hydrogen-bond donors (Lipinski definition) is 1. The second-order valence-corrected chi connectivity index (χ2v) is 6.77. The largest absolute Gasteiger partial charge is 0.370 e. The Hall–Kier alpha value is -0.410. The van der Waals surface area contributed by atoms with Crippen LogP contribution in [0.4, 0.5) is 5.82 Å². The van der Waals surface area contributed by atoms with E-state index in [-0.39, 0.29) is 4.75 Å². The van der Waals surface area contributed by atoms with Gasteiger partial charge in [-0.3, -0.25) is 0 Å². The Morgan fingerprint density at radius 2 is 2.06 bits per heavy atom. The monoisotopic (exact) mass is 258 g/mol. The van der Waals surface area contributed by atoms with Crippen LogP contribution in [0.1, 0.15) is 33.4 Å². The maximum absolute atomic E-state index is 6.12. The van der Waals surface area contributed by atoms with Gasteiger partial charge in [0.2, 0.25) is 0 Å². The number of anilines is 1. The molecule has 0 fully saturated rings. The van der Waals surface area contributed by atoms with Crippen LogP contribution >= 0.6 is 23.4 Å². The minimum atomic E-state index is 0.235. The second-order valence-electron chi connectivity index (χ2n) is 4.56. The van der Waals surface area contributed by atoms with Gasteiger partial charge in [0.05, 0.1) is 10.7 Å². The van der Waals surface area contributed by atoms with Crippen molar-refractivity contribution in [2.45, 2.75) is 38.2 Å². The minimum Gasteiger partial charge on any atom is -0.370 e. The summed E-state index contributed by atoms with van der Waals surface area (Å²) < 4.78 is 0.235. The Kier molecular flexibility index (Phi) is 4.93. The van der Waals surface area contributed by atoms with Gasteiger partial charge in [-0.25, -0.2) is 4.98 Å². The first-order chi connectivity index (χ1) is 7.42. The van der Waals surface area contributed by atoms with Gasteiger partial charge < -0.3 is 5.32 Å². The second kappa shape index (κ2) is 5.78. The number of thioether (sulfide) groups is 1. The van der Waals surface area contributed by atoms with E-state index in [1.165, 1.54) is 0 Å². The average Bonchev–Trinajstić information content (AvgIpc) is 2.18. The molecule has 0 unspecified atom stereocenters. The van der Waals surface area contributed by atoms with E-state index in [0.717, 1.165) is 28.8 Å². The van der Waals surface area contributed by atoms with E-state index in [0.29, 0.717) is 0 Å². The summed E-state index contributed by atoms with van der Waals surface area (Å²) in [6.45, 7) is 9.51. The first-order valence-corrected chi connectivity index (χ1v) is 6.82. The van der Waals surface area contributed by atoms with Gasteiger partial charge >= 0.3 is 0 Å². The molecule has 1 aromatic heterocycles. The summed E-state index contributed by atoms with van der Waals surface area (Å²) in [4.78, 5) is 4.50. The van der Waals surface area contributed by atoms with Gasteiger partial charge in [0.25, 0.3) is 0 Å². The summed E-state index contributed by atoms with van der Waals surface area (Å²) in [5.74, 6) is 1.75. The lowest BCUT2D eigenvalue weighted by molar-refractivity contribution is 0.801. The van der Waals surface area contributed by atoms with Crippen LogP contribution in [-0.4, -0.2) is 16.3 Å². The molecule has 0 amide bonds. The molecule has 0 aliphatic carbocycles. The highest BCUT2D eigenvalue weighted by atomic mass is 35.5. The van der Waals surface area contributed by atoms with Crippen LogP contribution in [0.2, 0.25) is 5.02 Å². The summed E-state index contributed by atoms with van der Waals surface area (Å²) in [7, 11) is 0. The Morgan fingerprint density at radius 3 is 2.62 bits per heavy atom. The number of aromatic nitrogens is 1. The lowest BCUT2D eigenvalue weighted by Crippen LogP contribution is -2.08. The van der Waals surface area contributed by atoms with Gasteiger partial charge in [-0.05, 0) is 19.1 Å². The summed E-state index contributed by atoms with van der Waals surface area (Å²) in [6.07, 6.45) is 0. The number of hydrogen-bond acceptors (Lipinski definition) is 3. The Bertz CT molecular complexity index is 347. The van der Waals surface area contributed by atoms with E-state index in [2.05, 4.69) is 38.0 Å². The fourth-order valence-corrected chi connectivity index (χ4v) is 2.19. The summed E-state index contributed by atoms with van der Waals surface area (Å²) in [5, 5.41) is 3.94. The fourth-order valence-electron chi connectivity index (χ4n) is 1.15. The number of nitrogens with one attached hydrogen (secondary N) is 1. The summed E-state index contributed by atoms with van der Waals surface area (Å²) >= 11 is 7.97. The number of halogens is 1. The zero-order valence-corrected chi connectivity index (χ0v) is 11.9. The molecule has 2 nitrogen and oxygen atoms in total. The van der Waals surface area contributed by atoms with Gasteiger partial charge in [-0.1, -0.05) is 32.4 Å². The van der Waals surface area contributed by atoms with Crippen molar-refractivity contribution in [2.75, 3.05) is 11.9 Å². The van der Waals surface area contributed by atoms with Gasteiger partial charge in [0.15, 0.2) is 0 Å². The standard InChI is InChI=1S/C12H19ClN2S/c1-5-14-11-7-6-9(13)10(15-11)8-16-12(2,3)4/h6-7H,5,8H2,1-4H3,(H,14,15). The molecular formula is C12H19ClN2S. The molecule has 0 aliphatic heterocycles. The van der Waals surface area contributed by atoms with Crippen molar-refractivity contribution in [3.63, 3.8) is 0 Å². The molecule has 0 bridgehead atoms. The Morgan fingerprint density at radius 1 is 1.38 bits per heavy atom. The highest BCUT2D eigenvalue weighted by Gasteiger charge is 2.13. The van der Waals surface area contributed by atoms with Crippen LogP contribution in [0.5, 0.6) is 0 Å². The maximum atomic E-state index is 6.12. The zero-order valence-electron chi connectivity index (χ0n) is 10.3. The SMILES string of the molecule is CCNc1ccc(Cl)c(CSC(C)(C)C)n1. The van der Waals surface area contributed by atoms with Crippen LogP contribution in [-0.2, 0) is 5.75 Å². The van der Waals surface area contributed by atoms with Crippen LogP contribution in [0, 0.1) is 0 Å². The highest BCUT2D eigenvalue weighted by molar-refractivity contribution is 7.99. The predicted octanol–water partition coefficient (Wildman–Crippen LogP) is 4.20. The molecule has 0 aromatic carbocycles.